The highest BCUT2D eigenvalue weighted by Crippen LogP contribution is 2.25. The number of ether oxygens (including phenoxy) is 1. The van der Waals surface area contributed by atoms with Gasteiger partial charge in [0.25, 0.3) is 0 Å². The number of aryl methyl sites for hydroxylation is 1. The van der Waals surface area contributed by atoms with Crippen LogP contribution in [0, 0.1) is 5.92 Å². The van der Waals surface area contributed by atoms with Gasteiger partial charge in [-0.05, 0) is 30.2 Å². The van der Waals surface area contributed by atoms with Crippen LogP contribution in [0.3, 0.4) is 0 Å². The van der Waals surface area contributed by atoms with Crippen molar-refractivity contribution in [2.75, 3.05) is 38.7 Å². The Labute approximate surface area is 104 Å². The zero-order chi connectivity index (χ0) is 12.3. The van der Waals surface area contributed by atoms with Crippen molar-refractivity contribution in [3.8, 4) is 5.75 Å². The molecule has 0 aliphatic carbocycles. The normalized spacial score (nSPS) is 15.5. The number of nitrogens with zero attached hydrogens (tertiary/aromatic N) is 1. The van der Waals surface area contributed by atoms with Gasteiger partial charge in [0.15, 0.2) is 0 Å². The summed E-state index contributed by atoms with van der Waals surface area (Å²) < 4.78 is 5.36. The Hall–Kier alpha value is -1.22. The molecule has 1 aliphatic rings. The summed E-state index contributed by atoms with van der Waals surface area (Å²) in [6, 6.07) is 6.46. The number of hydrogen-bond donors (Lipinski definition) is 1. The SMILES string of the molecule is CCc1cc(N(C)CC2CNC2)ccc1OC. The van der Waals surface area contributed by atoms with Gasteiger partial charge in [0.2, 0.25) is 0 Å². The summed E-state index contributed by atoms with van der Waals surface area (Å²) in [4.78, 5) is 2.34. The molecular weight excluding hydrogens is 212 g/mol. The molecule has 94 valence electrons. The van der Waals surface area contributed by atoms with Crippen LogP contribution in [0.1, 0.15) is 12.5 Å². The van der Waals surface area contributed by atoms with Crippen molar-refractivity contribution < 1.29 is 4.74 Å². The smallest absolute Gasteiger partial charge is 0.122 e. The Morgan fingerprint density at radius 1 is 1.41 bits per heavy atom. The monoisotopic (exact) mass is 234 g/mol. The number of anilines is 1. The maximum Gasteiger partial charge on any atom is 0.122 e. The second kappa shape index (κ2) is 5.41. The molecule has 0 amide bonds. The van der Waals surface area contributed by atoms with Crippen molar-refractivity contribution >= 4 is 5.69 Å². The second-order valence-corrected chi connectivity index (χ2v) is 4.75. The maximum atomic E-state index is 5.36. The van der Waals surface area contributed by atoms with Gasteiger partial charge in [0.05, 0.1) is 7.11 Å². The van der Waals surface area contributed by atoms with Crippen LogP contribution in [0.4, 0.5) is 5.69 Å². The van der Waals surface area contributed by atoms with Gasteiger partial charge in [0.1, 0.15) is 5.75 Å². The van der Waals surface area contributed by atoms with Crippen LogP contribution in [-0.4, -0.2) is 33.8 Å². The van der Waals surface area contributed by atoms with Crippen molar-refractivity contribution in [2.24, 2.45) is 5.92 Å². The van der Waals surface area contributed by atoms with E-state index in [0.717, 1.165) is 37.7 Å². The van der Waals surface area contributed by atoms with Gasteiger partial charge in [0, 0.05) is 38.3 Å². The van der Waals surface area contributed by atoms with Crippen molar-refractivity contribution in [1.29, 1.82) is 0 Å². The highest BCUT2D eigenvalue weighted by Gasteiger charge is 2.18. The minimum atomic E-state index is 0.798. The molecule has 0 unspecified atom stereocenters. The van der Waals surface area contributed by atoms with Gasteiger partial charge < -0.3 is 15.0 Å². The first-order chi connectivity index (χ1) is 8.24. The van der Waals surface area contributed by atoms with Gasteiger partial charge in [-0.25, -0.2) is 0 Å². The molecule has 1 aromatic rings. The Balaban J connectivity index is 2.08. The zero-order valence-corrected chi connectivity index (χ0v) is 11.0. The molecule has 0 bridgehead atoms. The van der Waals surface area contributed by atoms with Crippen LogP contribution in [0.25, 0.3) is 0 Å². The molecule has 0 aromatic heterocycles. The third-order valence-corrected chi connectivity index (χ3v) is 3.48. The standard InChI is InChI=1S/C14H22N2O/c1-4-12-7-13(5-6-14(12)17-3)16(2)10-11-8-15-9-11/h5-7,11,15H,4,8-10H2,1-3H3. The number of benzene rings is 1. The molecule has 1 aromatic carbocycles. The summed E-state index contributed by atoms with van der Waals surface area (Å²) in [6.07, 6.45) is 1.01. The van der Waals surface area contributed by atoms with Gasteiger partial charge in [-0.1, -0.05) is 6.92 Å². The lowest BCUT2D eigenvalue weighted by Gasteiger charge is -2.32. The molecule has 0 atom stereocenters. The van der Waals surface area contributed by atoms with E-state index in [1.165, 1.54) is 11.3 Å². The van der Waals surface area contributed by atoms with Crippen LogP contribution in [0.5, 0.6) is 5.75 Å². The first kappa shape index (κ1) is 12.2. The average molecular weight is 234 g/mol. The summed E-state index contributed by atoms with van der Waals surface area (Å²) in [5.41, 5.74) is 2.57. The first-order valence-corrected chi connectivity index (χ1v) is 6.33. The maximum absolute atomic E-state index is 5.36. The number of rotatable bonds is 5. The Bertz CT molecular complexity index is 374. The molecule has 1 fully saturated rings. The van der Waals surface area contributed by atoms with E-state index >= 15 is 0 Å². The lowest BCUT2D eigenvalue weighted by molar-refractivity contribution is 0.353. The van der Waals surface area contributed by atoms with Crippen LogP contribution in [-0.2, 0) is 6.42 Å². The van der Waals surface area contributed by atoms with E-state index in [0.29, 0.717) is 0 Å². The largest absolute Gasteiger partial charge is 0.496 e. The zero-order valence-electron chi connectivity index (χ0n) is 11.0. The van der Waals surface area contributed by atoms with Crippen LogP contribution in [0.15, 0.2) is 18.2 Å². The Morgan fingerprint density at radius 3 is 2.71 bits per heavy atom. The lowest BCUT2D eigenvalue weighted by atomic mass is 10.0. The molecular formula is C14H22N2O. The first-order valence-electron chi connectivity index (χ1n) is 6.33. The predicted molar refractivity (Wildman–Crippen MR) is 72.0 cm³/mol. The molecule has 0 spiro atoms. The fraction of sp³-hybridized carbons (Fsp3) is 0.571. The third-order valence-electron chi connectivity index (χ3n) is 3.48. The van der Waals surface area contributed by atoms with Crippen molar-refractivity contribution in [2.45, 2.75) is 13.3 Å². The molecule has 3 nitrogen and oxygen atoms in total. The molecule has 0 radical (unpaired) electrons. The van der Waals surface area contributed by atoms with E-state index in [1.54, 1.807) is 7.11 Å². The molecule has 0 saturated carbocycles. The van der Waals surface area contributed by atoms with Crippen LogP contribution < -0.4 is 15.0 Å². The molecule has 1 saturated heterocycles. The van der Waals surface area contributed by atoms with E-state index < -0.39 is 0 Å². The summed E-state index contributed by atoms with van der Waals surface area (Å²) in [7, 11) is 3.90. The average Bonchev–Trinajstić information content (AvgIpc) is 2.32. The van der Waals surface area contributed by atoms with Crippen LogP contribution >= 0.6 is 0 Å². The van der Waals surface area contributed by atoms with E-state index in [-0.39, 0.29) is 0 Å². The molecule has 3 heteroatoms. The quantitative estimate of drug-likeness (QED) is 0.842. The lowest BCUT2D eigenvalue weighted by Crippen LogP contribution is -2.47. The number of methoxy groups -OCH3 is 1. The molecule has 2 rings (SSSR count). The topological polar surface area (TPSA) is 24.5 Å². The minimum Gasteiger partial charge on any atom is -0.496 e. The number of hydrogen-bond acceptors (Lipinski definition) is 3. The van der Waals surface area contributed by atoms with E-state index in [9.17, 15) is 0 Å². The fourth-order valence-electron chi connectivity index (χ4n) is 2.25. The molecule has 1 aliphatic heterocycles. The van der Waals surface area contributed by atoms with Gasteiger partial charge in [-0.3, -0.25) is 0 Å². The fourth-order valence-corrected chi connectivity index (χ4v) is 2.25. The number of nitrogens with one attached hydrogen (secondary N) is 1. The van der Waals surface area contributed by atoms with Crippen molar-refractivity contribution in [1.82, 2.24) is 5.32 Å². The minimum absolute atomic E-state index is 0.798. The molecule has 1 heterocycles. The van der Waals surface area contributed by atoms with Gasteiger partial charge >= 0.3 is 0 Å². The van der Waals surface area contributed by atoms with E-state index in [4.69, 9.17) is 4.74 Å². The van der Waals surface area contributed by atoms with Crippen molar-refractivity contribution in [3.05, 3.63) is 23.8 Å². The summed E-state index contributed by atoms with van der Waals surface area (Å²) in [5, 5.41) is 3.31. The van der Waals surface area contributed by atoms with E-state index in [2.05, 4.69) is 42.4 Å². The highest BCUT2D eigenvalue weighted by molar-refractivity contribution is 5.52. The summed E-state index contributed by atoms with van der Waals surface area (Å²) in [6.45, 7) is 5.60. The van der Waals surface area contributed by atoms with E-state index in [1.807, 2.05) is 0 Å². The van der Waals surface area contributed by atoms with Gasteiger partial charge in [-0.2, -0.15) is 0 Å². The Morgan fingerprint density at radius 2 is 2.18 bits per heavy atom. The molecule has 17 heavy (non-hydrogen) atoms. The second-order valence-electron chi connectivity index (χ2n) is 4.75. The third kappa shape index (κ3) is 2.72. The molecule has 1 N–H and O–H groups in total. The van der Waals surface area contributed by atoms with Gasteiger partial charge in [-0.15, -0.1) is 0 Å². The summed E-state index contributed by atoms with van der Waals surface area (Å²) >= 11 is 0. The Kier molecular flexibility index (Phi) is 3.89. The summed E-state index contributed by atoms with van der Waals surface area (Å²) in [5.74, 6) is 1.79. The van der Waals surface area contributed by atoms with Crippen molar-refractivity contribution in [3.63, 3.8) is 0 Å². The van der Waals surface area contributed by atoms with Crippen LogP contribution in [0.2, 0.25) is 0 Å². The predicted octanol–water partition coefficient (Wildman–Crippen LogP) is 1.91. The highest BCUT2D eigenvalue weighted by atomic mass is 16.5.